The number of carbonyl (C=O) groups excluding carboxylic acids is 1. The third kappa shape index (κ3) is 5.42. The summed E-state index contributed by atoms with van der Waals surface area (Å²) in [6.45, 7) is 1.54. The van der Waals surface area contributed by atoms with E-state index in [4.69, 9.17) is 0 Å². The summed E-state index contributed by atoms with van der Waals surface area (Å²) in [6.07, 6.45) is -0.941. The third-order valence-electron chi connectivity index (χ3n) is 2.07. The summed E-state index contributed by atoms with van der Waals surface area (Å²) in [4.78, 5) is 14.8. The van der Waals surface area contributed by atoms with E-state index >= 15 is 0 Å². The molecule has 1 rings (SSSR count). The Morgan fingerprint density at radius 1 is 1.38 bits per heavy atom. The average molecular weight is 323 g/mol. The highest BCUT2D eigenvalue weighted by Crippen LogP contribution is 2.32. The SMILES string of the molecule is C/C=C/C(=O)Nc1cc(C(F)(F)F)cnc1NS(C)(=O)=O. The average Bonchev–Trinajstić information content (AvgIpc) is 2.28. The molecular weight excluding hydrogens is 311 g/mol. The third-order valence-corrected chi connectivity index (χ3v) is 2.64. The van der Waals surface area contributed by atoms with Crippen LogP contribution in [0.3, 0.4) is 0 Å². The Hall–Kier alpha value is -2.10. The van der Waals surface area contributed by atoms with E-state index in [2.05, 4.69) is 10.3 Å². The lowest BCUT2D eigenvalue weighted by Gasteiger charge is -2.13. The molecule has 0 unspecified atom stereocenters. The minimum absolute atomic E-state index is 0.390. The lowest BCUT2D eigenvalue weighted by Crippen LogP contribution is -2.17. The van der Waals surface area contributed by atoms with Crippen LogP contribution in [-0.4, -0.2) is 25.6 Å². The molecule has 10 heteroatoms. The van der Waals surface area contributed by atoms with Crippen LogP contribution in [0.2, 0.25) is 0 Å². The summed E-state index contributed by atoms with van der Waals surface area (Å²) in [5, 5.41) is 2.13. The second kappa shape index (κ2) is 6.12. The first-order valence-electron chi connectivity index (χ1n) is 5.51. The van der Waals surface area contributed by atoms with E-state index in [1.165, 1.54) is 6.08 Å². The van der Waals surface area contributed by atoms with Crippen LogP contribution in [0.4, 0.5) is 24.7 Å². The normalized spacial score (nSPS) is 12.4. The number of nitrogens with one attached hydrogen (secondary N) is 2. The van der Waals surface area contributed by atoms with Gasteiger partial charge in [-0.05, 0) is 19.1 Å². The molecule has 0 saturated carbocycles. The number of hydrogen-bond donors (Lipinski definition) is 2. The van der Waals surface area contributed by atoms with Crippen molar-refractivity contribution < 1.29 is 26.4 Å². The number of pyridine rings is 1. The van der Waals surface area contributed by atoms with Crippen LogP contribution in [0, 0.1) is 0 Å². The summed E-state index contributed by atoms with van der Waals surface area (Å²) < 4.78 is 62.1. The molecular formula is C11H12F3N3O3S. The zero-order valence-corrected chi connectivity index (χ0v) is 11.8. The van der Waals surface area contributed by atoms with Crippen LogP contribution in [0.5, 0.6) is 0 Å². The molecule has 116 valence electrons. The fourth-order valence-electron chi connectivity index (χ4n) is 1.30. The van der Waals surface area contributed by atoms with Gasteiger partial charge in [0.15, 0.2) is 5.82 Å². The first kappa shape index (κ1) is 17.0. The monoisotopic (exact) mass is 323 g/mol. The molecule has 0 aliphatic heterocycles. The van der Waals surface area contributed by atoms with Gasteiger partial charge in [-0.25, -0.2) is 13.4 Å². The van der Waals surface area contributed by atoms with E-state index in [1.807, 2.05) is 4.72 Å². The standard InChI is InChI=1S/C11H12F3N3O3S/c1-3-4-9(18)16-8-5-7(11(12,13)14)6-15-10(8)17-21(2,19)20/h3-6H,1-2H3,(H,15,17)(H,16,18)/b4-3+. The first-order valence-corrected chi connectivity index (χ1v) is 7.41. The van der Waals surface area contributed by atoms with Crippen molar-refractivity contribution >= 4 is 27.4 Å². The molecule has 0 aliphatic carbocycles. The molecule has 21 heavy (non-hydrogen) atoms. The van der Waals surface area contributed by atoms with Gasteiger partial charge in [0.1, 0.15) is 0 Å². The van der Waals surface area contributed by atoms with Gasteiger partial charge in [0.2, 0.25) is 15.9 Å². The fraction of sp³-hybridized carbons (Fsp3) is 0.273. The maximum Gasteiger partial charge on any atom is 0.417 e. The highest BCUT2D eigenvalue weighted by Gasteiger charge is 2.32. The predicted molar refractivity (Wildman–Crippen MR) is 71.1 cm³/mol. The van der Waals surface area contributed by atoms with Gasteiger partial charge in [0, 0.05) is 6.20 Å². The highest BCUT2D eigenvalue weighted by atomic mass is 32.2. The number of alkyl halides is 3. The minimum Gasteiger partial charge on any atom is -0.319 e. The fourth-order valence-corrected chi connectivity index (χ4v) is 1.81. The van der Waals surface area contributed by atoms with Crippen LogP contribution in [-0.2, 0) is 21.0 Å². The number of nitrogens with zero attached hydrogens (tertiary/aromatic N) is 1. The van der Waals surface area contributed by atoms with E-state index in [9.17, 15) is 26.4 Å². The predicted octanol–water partition coefficient (Wildman–Crippen LogP) is 1.99. The van der Waals surface area contributed by atoms with Gasteiger partial charge in [-0.15, -0.1) is 0 Å². The van der Waals surface area contributed by atoms with Gasteiger partial charge in [0.25, 0.3) is 0 Å². The second-order valence-electron chi connectivity index (χ2n) is 3.98. The Morgan fingerprint density at radius 2 is 2.00 bits per heavy atom. The Morgan fingerprint density at radius 3 is 2.48 bits per heavy atom. The Kier molecular flexibility index (Phi) is 4.94. The van der Waals surface area contributed by atoms with Crippen molar-refractivity contribution in [1.82, 2.24) is 4.98 Å². The molecule has 0 aliphatic rings. The quantitative estimate of drug-likeness (QED) is 0.829. The van der Waals surface area contributed by atoms with Crippen molar-refractivity contribution in [2.75, 3.05) is 16.3 Å². The zero-order chi connectivity index (χ0) is 16.3. The molecule has 1 aromatic heterocycles. The summed E-state index contributed by atoms with van der Waals surface area (Å²) in [5.41, 5.74) is -1.50. The van der Waals surface area contributed by atoms with Crippen LogP contribution < -0.4 is 10.0 Å². The number of amides is 1. The largest absolute Gasteiger partial charge is 0.417 e. The van der Waals surface area contributed by atoms with E-state index < -0.39 is 39.2 Å². The molecule has 0 bridgehead atoms. The Balaban J connectivity index is 3.27. The number of hydrogen-bond acceptors (Lipinski definition) is 4. The highest BCUT2D eigenvalue weighted by molar-refractivity contribution is 7.92. The number of halogens is 3. The van der Waals surface area contributed by atoms with Crippen LogP contribution in [0.15, 0.2) is 24.4 Å². The van der Waals surface area contributed by atoms with Crippen LogP contribution in [0.25, 0.3) is 0 Å². The molecule has 2 N–H and O–H groups in total. The molecule has 0 radical (unpaired) electrons. The molecule has 6 nitrogen and oxygen atoms in total. The molecule has 0 fully saturated rings. The van der Waals surface area contributed by atoms with Gasteiger partial charge in [-0.3, -0.25) is 9.52 Å². The number of aromatic nitrogens is 1. The van der Waals surface area contributed by atoms with Crippen LogP contribution in [0.1, 0.15) is 12.5 Å². The number of sulfonamides is 1. The smallest absolute Gasteiger partial charge is 0.319 e. The Bertz CT molecular complexity index is 669. The van der Waals surface area contributed by atoms with Gasteiger partial charge in [-0.1, -0.05) is 6.08 Å². The molecule has 1 amide bonds. The number of allylic oxidation sites excluding steroid dienone is 1. The van der Waals surface area contributed by atoms with Crippen molar-refractivity contribution in [3.05, 3.63) is 30.0 Å². The van der Waals surface area contributed by atoms with Crippen molar-refractivity contribution in [3.8, 4) is 0 Å². The van der Waals surface area contributed by atoms with Gasteiger partial charge in [-0.2, -0.15) is 13.2 Å². The number of anilines is 2. The van der Waals surface area contributed by atoms with Gasteiger partial charge >= 0.3 is 6.18 Å². The lowest BCUT2D eigenvalue weighted by atomic mass is 10.2. The molecule has 1 heterocycles. The summed E-state index contributed by atoms with van der Waals surface area (Å²) in [7, 11) is -3.76. The van der Waals surface area contributed by atoms with E-state index in [0.717, 1.165) is 12.3 Å². The van der Waals surface area contributed by atoms with E-state index in [1.54, 1.807) is 6.92 Å². The molecule has 0 atom stereocenters. The second-order valence-corrected chi connectivity index (χ2v) is 5.73. The minimum atomic E-state index is -4.67. The topological polar surface area (TPSA) is 88.2 Å². The maximum atomic E-state index is 12.6. The van der Waals surface area contributed by atoms with Crippen molar-refractivity contribution in [2.24, 2.45) is 0 Å². The Labute approximate surface area is 119 Å². The molecule has 0 saturated heterocycles. The van der Waals surface area contributed by atoms with Gasteiger partial charge < -0.3 is 5.32 Å². The van der Waals surface area contributed by atoms with E-state index in [-0.39, 0.29) is 0 Å². The van der Waals surface area contributed by atoms with Crippen LogP contribution >= 0.6 is 0 Å². The summed E-state index contributed by atoms with van der Waals surface area (Å²) in [5.74, 6) is -1.11. The zero-order valence-electron chi connectivity index (χ0n) is 11.0. The molecule has 0 spiro atoms. The number of rotatable bonds is 4. The molecule has 1 aromatic rings. The van der Waals surface area contributed by atoms with Gasteiger partial charge in [0.05, 0.1) is 17.5 Å². The van der Waals surface area contributed by atoms with Crippen molar-refractivity contribution in [3.63, 3.8) is 0 Å². The maximum absolute atomic E-state index is 12.6. The lowest BCUT2D eigenvalue weighted by molar-refractivity contribution is -0.137. The number of carbonyl (C=O) groups is 1. The molecule has 0 aromatic carbocycles. The summed E-state index contributed by atoms with van der Waals surface area (Å²) in [6, 6.07) is 0.599. The van der Waals surface area contributed by atoms with Crippen molar-refractivity contribution in [2.45, 2.75) is 13.1 Å². The summed E-state index contributed by atoms with van der Waals surface area (Å²) >= 11 is 0. The first-order chi connectivity index (χ1) is 9.53. The van der Waals surface area contributed by atoms with E-state index in [0.29, 0.717) is 12.3 Å². The van der Waals surface area contributed by atoms with Crippen molar-refractivity contribution in [1.29, 1.82) is 0 Å².